The molecule has 0 saturated carbocycles. The van der Waals surface area contributed by atoms with E-state index in [0.29, 0.717) is 30.0 Å². The van der Waals surface area contributed by atoms with Gasteiger partial charge in [0.25, 0.3) is 0 Å². The van der Waals surface area contributed by atoms with Gasteiger partial charge in [0.2, 0.25) is 5.91 Å². The van der Waals surface area contributed by atoms with Gasteiger partial charge in [0.05, 0.1) is 43.5 Å². The fourth-order valence-electron chi connectivity index (χ4n) is 9.06. The molecule has 2 aromatic heterocycles. The number of aryl methyl sites for hydroxylation is 2. The Morgan fingerprint density at radius 1 is 0.700 bits per heavy atom. The van der Waals surface area contributed by atoms with Crippen LogP contribution in [0.15, 0.2) is 130 Å². The van der Waals surface area contributed by atoms with Crippen LogP contribution >= 0.6 is 0 Å². The van der Waals surface area contributed by atoms with Gasteiger partial charge in [0.1, 0.15) is 29.6 Å². The van der Waals surface area contributed by atoms with Crippen LogP contribution in [0.2, 0.25) is 0 Å². The molecular formula is C49H42N4O7. The highest BCUT2D eigenvalue weighted by Crippen LogP contribution is 2.53. The summed E-state index contributed by atoms with van der Waals surface area (Å²) < 4.78 is 27.7. The van der Waals surface area contributed by atoms with Gasteiger partial charge in [0.15, 0.2) is 11.2 Å². The lowest BCUT2D eigenvalue weighted by atomic mass is 9.77. The quantitative estimate of drug-likeness (QED) is 0.167. The van der Waals surface area contributed by atoms with Crippen LogP contribution in [0, 0.1) is 13.8 Å². The van der Waals surface area contributed by atoms with Gasteiger partial charge in [-0.1, -0.05) is 71.0 Å². The minimum atomic E-state index is -0.603. The normalized spacial score (nSPS) is 17.4. The number of fused-ring (bicyclic) bond motifs is 7. The van der Waals surface area contributed by atoms with Gasteiger partial charge in [0, 0.05) is 46.4 Å². The summed E-state index contributed by atoms with van der Waals surface area (Å²) in [6.07, 6.45) is 0. The number of carbonyl (C=O) groups is 1. The molecule has 11 heteroatoms. The van der Waals surface area contributed by atoms with Crippen LogP contribution in [0.25, 0.3) is 21.9 Å². The van der Waals surface area contributed by atoms with Crippen LogP contribution in [0.3, 0.4) is 0 Å². The van der Waals surface area contributed by atoms with E-state index in [1.54, 1.807) is 31.3 Å². The molecule has 11 nitrogen and oxygen atoms in total. The highest BCUT2D eigenvalue weighted by atomic mass is 16.5. The van der Waals surface area contributed by atoms with Crippen molar-refractivity contribution in [1.29, 1.82) is 0 Å². The van der Waals surface area contributed by atoms with E-state index in [-0.39, 0.29) is 17.1 Å². The molecule has 5 heterocycles. The number of carbonyl (C=O) groups excluding carboxylic acids is 1. The van der Waals surface area contributed by atoms with Crippen molar-refractivity contribution in [2.75, 3.05) is 37.2 Å². The van der Waals surface area contributed by atoms with Crippen molar-refractivity contribution in [1.82, 2.24) is 10.3 Å². The van der Waals surface area contributed by atoms with Gasteiger partial charge in [-0.05, 0) is 96.8 Å². The maximum absolute atomic E-state index is 13.5. The third kappa shape index (κ3) is 6.07. The molecule has 300 valence electrons. The van der Waals surface area contributed by atoms with Crippen LogP contribution in [0.1, 0.15) is 50.7 Å². The number of anilines is 2. The zero-order valence-corrected chi connectivity index (χ0v) is 33.6. The molecule has 1 amide bonds. The maximum atomic E-state index is 13.5. The first-order valence-corrected chi connectivity index (χ1v) is 19.9. The number of hydrogen-bond acceptors (Lipinski definition) is 10. The standard InChI is InChI=1S/C25H22N2O3.C24H20N2O4/c1-16-19-11-24-21(12-23(19)30-26-16)25(15-29-24)14-27(22-6-4-3-5-20(22)25)13-17-7-9-18(28-2)10-8-17;1-14-18-11-21(27)19(12-22(18)30-25-14)23-17-5-3-4-6-20(17)26(24(23)28)13-15-7-9-16(29-2)10-8-15/h3-12H,13-15H2,1-2H3;3-12,23,27H,13H2,1-2H3. The summed E-state index contributed by atoms with van der Waals surface area (Å²) in [5.41, 5.74) is 11.0. The SMILES string of the molecule is COc1ccc(CN2C(=O)C(c3cc4onc(C)c4cc3O)c3ccccc32)cc1.COc1ccc(CN2CC3(COc4cc5c(C)noc5cc43)c3ccccc32)cc1. The smallest absolute Gasteiger partial charge is 0.239 e. The Hall–Kier alpha value is -7.27. The number of rotatable bonds is 7. The van der Waals surface area contributed by atoms with Crippen molar-refractivity contribution in [3.05, 3.63) is 166 Å². The van der Waals surface area contributed by atoms with E-state index >= 15 is 0 Å². The molecule has 0 fully saturated rings. The molecule has 0 saturated heterocycles. The molecular weight excluding hydrogens is 757 g/mol. The van der Waals surface area contributed by atoms with E-state index < -0.39 is 5.92 Å². The molecule has 0 aliphatic carbocycles. The van der Waals surface area contributed by atoms with Crippen molar-refractivity contribution >= 4 is 39.2 Å². The van der Waals surface area contributed by atoms with Crippen molar-refractivity contribution in [3.63, 3.8) is 0 Å². The number of phenols is 1. The Labute approximate surface area is 346 Å². The summed E-state index contributed by atoms with van der Waals surface area (Å²) >= 11 is 0. The molecule has 3 aliphatic heterocycles. The maximum Gasteiger partial charge on any atom is 0.239 e. The minimum Gasteiger partial charge on any atom is -0.508 e. The van der Waals surface area contributed by atoms with Crippen LogP contribution in [-0.4, -0.2) is 48.7 Å². The van der Waals surface area contributed by atoms with E-state index in [0.717, 1.165) is 69.2 Å². The largest absolute Gasteiger partial charge is 0.508 e. The highest BCUT2D eigenvalue weighted by molar-refractivity contribution is 6.07. The number of nitrogens with zero attached hydrogens (tertiary/aromatic N) is 4. The van der Waals surface area contributed by atoms with Crippen LogP contribution in [0.5, 0.6) is 23.0 Å². The Kier molecular flexibility index (Phi) is 8.97. The molecule has 0 radical (unpaired) electrons. The molecule has 2 atom stereocenters. The lowest BCUT2D eigenvalue weighted by Crippen LogP contribution is -2.35. The van der Waals surface area contributed by atoms with E-state index in [2.05, 4.69) is 63.7 Å². The lowest BCUT2D eigenvalue weighted by molar-refractivity contribution is -0.118. The predicted molar refractivity (Wildman–Crippen MR) is 228 cm³/mol. The van der Waals surface area contributed by atoms with Gasteiger partial charge in [-0.2, -0.15) is 0 Å². The molecule has 6 aromatic carbocycles. The second kappa shape index (κ2) is 14.5. The van der Waals surface area contributed by atoms with Gasteiger partial charge < -0.3 is 38.2 Å². The van der Waals surface area contributed by atoms with E-state index in [1.165, 1.54) is 22.4 Å². The second-order valence-electron chi connectivity index (χ2n) is 15.6. The van der Waals surface area contributed by atoms with Crippen LogP contribution in [0.4, 0.5) is 11.4 Å². The topological polar surface area (TPSA) is 124 Å². The predicted octanol–water partition coefficient (Wildman–Crippen LogP) is 9.37. The first kappa shape index (κ1) is 37.0. The molecule has 3 aliphatic rings. The molecule has 1 spiro atoms. The average molecular weight is 799 g/mol. The average Bonchev–Trinajstić information content (AvgIpc) is 4.08. The summed E-state index contributed by atoms with van der Waals surface area (Å²) in [5.74, 6) is 1.96. The van der Waals surface area contributed by atoms with Crippen LogP contribution < -0.4 is 24.0 Å². The van der Waals surface area contributed by atoms with Gasteiger partial charge in [-0.3, -0.25) is 4.79 Å². The number of methoxy groups -OCH3 is 2. The second-order valence-corrected chi connectivity index (χ2v) is 15.6. The molecule has 1 N–H and O–H groups in total. The van der Waals surface area contributed by atoms with Crippen LogP contribution in [-0.2, 0) is 23.3 Å². The number of ether oxygens (including phenoxy) is 3. The van der Waals surface area contributed by atoms with E-state index in [9.17, 15) is 9.90 Å². The van der Waals surface area contributed by atoms with Gasteiger partial charge in [-0.15, -0.1) is 0 Å². The fourth-order valence-corrected chi connectivity index (χ4v) is 9.06. The number of amides is 1. The van der Waals surface area contributed by atoms with Gasteiger partial charge in [-0.25, -0.2) is 0 Å². The summed E-state index contributed by atoms with van der Waals surface area (Å²) in [5, 5.41) is 20.6. The number of hydrogen-bond donors (Lipinski definition) is 1. The number of aromatic nitrogens is 2. The van der Waals surface area contributed by atoms with Crippen molar-refractivity contribution in [2.24, 2.45) is 0 Å². The third-order valence-corrected chi connectivity index (χ3v) is 12.2. The number of para-hydroxylation sites is 2. The Morgan fingerprint density at radius 2 is 1.30 bits per heavy atom. The molecule has 2 unspecified atom stereocenters. The Balaban J connectivity index is 0.000000144. The first-order valence-electron chi connectivity index (χ1n) is 19.9. The summed E-state index contributed by atoms with van der Waals surface area (Å²) in [7, 11) is 3.32. The zero-order valence-electron chi connectivity index (χ0n) is 33.6. The summed E-state index contributed by atoms with van der Waals surface area (Å²) in [4.78, 5) is 17.7. The lowest BCUT2D eigenvalue weighted by Gasteiger charge is -2.25. The summed E-state index contributed by atoms with van der Waals surface area (Å²) in [6, 6.07) is 39.9. The van der Waals surface area contributed by atoms with E-state index in [4.69, 9.17) is 23.3 Å². The molecule has 0 bridgehead atoms. The minimum absolute atomic E-state index is 0.0632. The van der Waals surface area contributed by atoms with E-state index in [1.807, 2.05) is 74.5 Å². The number of phenolic OH excluding ortho intramolecular Hbond substituents is 1. The van der Waals surface area contributed by atoms with Crippen molar-refractivity contribution < 1.29 is 33.2 Å². The molecule has 11 rings (SSSR count). The van der Waals surface area contributed by atoms with Crippen molar-refractivity contribution in [3.8, 4) is 23.0 Å². The zero-order chi connectivity index (χ0) is 41.1. The summed E-state index contributed by atoms with van der Waals surface area (Å²) in [6.45, 7) is 6.55. The third-order valence-electron chi connectivity index (χ3n) is 12.2. The number of benzene rings is 6. The first-order chi connectivity index (χ1) is 29.2. The molecule has 60 heavy (non-hydrogen) atoms. The van der Waals surface area contributed by atoms with Crippen molar-refractivity contribution in [2.45, 2.75) is 38.3 Å². The highest BCUT2D eigenvalue weighted by Gasteiger charge is 2.50. The monoisotopic (exact) mass is 798 g/mol. The Bertz CT molecular complexity index is 2920. The van der Waals surface area contributed by atoms with Gasteiger partial charge >= 0.3 is 0 Å². The molecule has 8 aromatic rings. The fraction of sp³-hybridized carbons (Fsp3) is 0.204. The number of aromatic hydroxyl groups is 1. The Morgan fingerprint density at radius 3 is 1.98 bits per heavy atom.